The summed E-state index contributed by atoms with van der Waals surface area (Å²) in [5.41, 5.74) is 1.14. The van der Waals surface area contributed by atoms with E-state index in [0.29, 0.717) is 23.8 Å². The SMILES string of the molecule is CCOc1ccc2[nH]cc(C(=O)NCc3cccc(OC)c3)c(=O)c2n1. The topological polar surface area (TPSA) is 93.3 Å². The highest BCUT2D eigenvalue weighted by molar-refractivity contribution is 5.96. The van der Waals surface area contributed by atoms with Gasteiger partial charge >= 0.3 is 0 Å². The monoisotopic (exact) mass is 353 g/mol. The summed E-state index contributed by atoms with van der Waals surface area (Å²) in [6, 6.07) is 10.7. The quantitative estimate of drug-likeness (QED) is 0.709. The molecule has 0 radical (unpaired) electrons. The van der Waals surface area contributed by atoms with Crippen molar-refractivity contribution in [1.82, 2.24) is 15.3 Å². The number of nitrogens with one attached hydrogen (secondary N) is 2. The third-order valence-corrected chi connectivity index (χ3v) is 3.83. The van der Waals surface area contributed by atoms with E-state index in [-0.39, 0.29) is 17.6 Å². The van der Waals surface area contributed by atoms with Gasteiger partial charge in [0.25, 0.3) is 5.91 Å². The van der Waals surface area contributed by atoms with Crippen LogP contribution in [0.5, 0.6) is 11.6 Å². The zero-order chi connectivity index (χ0) is 18.5. The molecule has 134 valence electrons. The molecule has 1 aromatic carbocycles. The molecule has 3 aromatic rings. The first-order valence-corrected chi connectivity index (χ1v) is 8.18. The van der Waals surface area contributed by atoms with Gasteiger partial charge in [0.15, 0.2) is 0 Å². The number of hydrogen-bond donors (Lipinski definition) is 2. The first-order chi connectivity index (χ1) is 12.6. The molecule has 0 spiro atoms. The number of fused-ring (bicyclic) bond motifs is 1. The molecule has 0 aliphatic carbocycles. The maximum Gasteiger partial charge on any atom is 0.257 e. The number of hydrogen-bond acceptors (Lipinski definition) is 5. The summed E-state index contributed by atoms with van der Waals surface area (Å²) in [5, 5.41) is 2.74. The van der Waals surface area contributed by atoms with Gasteiger partial charge in [0.1, 0.15) is 16.8 Å². The molecule has 0 aliphatic heterocycles. The molecule has 1 amide bonds. The molecule has 0 aliphatic rings. The predicted octanol–water partition coefficient (Wildman–Crippen LogP) is 2.26. The number of nitrogens with zero attached hydrogens (tertiary/aromatic N) is 1. The standard InChI is InChI=1S/C19H19N3O4/c1-3-26-16-8-7-15-17(22-16)18(23)14(11-20-15)19(24)21-10-12-5-4-6-13(9-12)25-2/h4-9,11H,3,10H2,1-2H3,(H,20,23)(H,21,24). The van der Waals surface area contributed by atoms with Gasteiger partial charge in [-0.3, -0.25) is 9.59 Å². The molecule has 7 nitrogen and oxygen atoms in total. The normalized spacial score (nSPS) is 10.5. The Morgan fingerprint density at radius 3 is 2.88 bits per heavy atom. The number of benzene rings is 1. The Bertz CT molecular complexity index is 997. The lowest BCUT2D eigenvalue weighted by Gasteiger charge is -2.08. The third kappa shape index (κ3) is 3.66. The first kappa shape index (κ1) is 17.5. The van der Waals surface area contributed by atoms with Crippen LogP contribution < -0.4 is 20.2 Å². The summed E-state index contributed by atoms with van der Waals surface area (Å²) < 4.78 is 10.5. The van der Waals surface area contributed by atoms with E-state index in [2.05, 4.69) is 15.3 Å². The minimum absolute atomic E-state index is 0.00143. The van der Waals surface area contributed by atoms with Crippen LogP contribution in [-0.2, 0) is 6.54 Å². The number of aromatic nitrogens is 2. The Morgan fingerprint density at radius 2 is 2.12 bits per heavy atom. The molecule has 7 heteroatoms. The number of H-pyrrole nitrogens is 1. The van der Waals surface area contributed by atoms with Crippen molar-refractivity contribution in [3.63, 3.8) is 0 Å². The van der Waals surface area contributed by atoms with Crippen LogP contribution in [0.2, 0.25) is 0 Å². The minimum atomic E-state index is -0.473. The van der Waals surface area contributed by atoms with Gasteiger partial charge in [-0.15, -0.1) is 0 Å². The molecule has 0 unspecified atom stereocenters. The Hall–Kier alpha value is -3.35. The van der Waals surface area contributed by atoms with Gasteiger partial charge < -0.3 is 19.8 Å². The summed E-state index contributed by atoms with van der Waals surface area (Å²) in [7, 11) is 1.58. The molecule has 0 atom stereocenters. The largest absolute Gasteiger partial charge is 0.497 e. The maximum absolute atomic E-state index is 12.6. The number of pyridine rings is 2. The fourth-order valence-corrected chi connectivity index (χ4v) is 2.53. The third-order valence-electron chi connectivity index (χ3n) is 3.83. The van der Waals surface area contributed by atoms with Crippen molar-refractivity contribution < 1.29 is 14.3 Å². The number of rotatable bonds is 6. The van der Waals surface area contributed by atoms with Gasteiger partial charge in [-0.2, -0.15) is 0 Å². The Labute approximate surface area is 150 Å². The molecule has 0 bridgehead atoms. The van der Waals surface area contributed by atoms with Crippen LogP contribution in [0.15, 0.2) is 47.4 Å². The average molecular weight is 353 g/mol. The number of methoxy groups -OCH3 is 1. The van der Waals surface area contributed by atoms with E-state index in [1.165, 1.54) is 6.20 Å². The van der Waals surface area contributed by atoms with Gasteiger partial charge in [-0.1, -0.05) is 12.1 Å². The lowest BCUT2D eigenvalue weighted by atomic mass is 10.2. The zero-order valence-electron chi connectivity index (χ0n) is 14.5. The second-order valence-electron chi connectivity index (χ2n) is 5.54. The lowest BCUT2D eigenvalue weighted by Crippen LogP contribution is -2.28. The Morgan fingerprint density at radius 1 is 1.27 bits per heavy atom. The highest BCUT2D eigenvalue weighted by Gasteiger charge is 2.14. The maximum atomic E-state index is 12.6. The van der Waals surface area contributed by atoms with Gasteiger partial charge in [0.2, 0.25) is 11.3 Å². The van der Waals surface area contributed by atoms with Crippen LogP contribution in [0.1, 0.15) is 22.8 Å². The van der Waals surface area contributed by atoms with E-state index in [9.17, 15) is 9.59 Å². The van der Waals surface area contributed by atoms with Crippen LogP contribution in [0.3, 0.4) is 0 Å². The molecule has 3 rings (SSSR count). The fourth-order valence-electron chi connectivity index (χ4n) is 2.53. The minimum Gasteiger partial charge on any atom is -0.497 e. The number of amides is 1. The molecular formula is C19H19N3O4. The molecular weight excluding hydrogens is 334 g/mol. The number of ether oxygens (including phenoxy) is 2. The predicted molar refractivity (Wildman–Crippen MR) is 97.7 cm³/mol. The molecule has 0 saturated carbocycles. The molecule has 2 heterocycles. The van der Waals surface area contributed by atoms with E-state index in [1.807, 2.05) is 31.2 Å². The summed E-state index contributed by atoms with van der Waals surface area (Å²) in [6.07, 6.45) is 1.40. The summed E-state index contributed by atoms with van der Waals surface area (Å²) >= 11 is 0. The molecule has 26 heavy (non-hydrogen) atoms. The van der Waals surface area contributed by atoms with E-state index in [1.54, 1.807) is 19.2 Å². The molecule has 0 fully saturated rings. The van der Waals surface area contributed by atoms with Crippen LogP contribution in [-0.4, -0.2) is 29.6 Å². The second kappa shape index (κ2) is 7.69. The summed E-state index contributed by atoms with van der Waals surface area (Å²) in [5.74, 6) is 0.576. The van der Waals surface area contributed by atoms with E-state index in [0.717, 1.165) is 5.56 Å². The fraction of sp³-hybridized carbons (Fsp3) is 0.211. The zero-order valence-corrected chi connectivity index (χ0v) is 14.5. The van der Waals surface area contributed by atoms with E-state index >= 15 is 0 Å². The highest BCUT2D eigenvalue weighted by Crippen LogP contribution is 2.14. The summed E-state index contributed by atoms with van der Waals surface area (Å²) in [6.45, 7) is 2.55. The van der Waals surface area contributed by atoms with Crippen molar-refractivity contribution in [3.8, 4) is 11.6 Å². The van der Waals surface area contributed by atoms with Gasteiger partial charge in [0, 0.05) is 18.8 Å². The first-order valence-electron chi connectivity index (χ1n) is 8.18. The van der Waals surface area contributed by atoms with Crippen molar-refractivity contribution in [2.24, 2.45) is 0 Å². The van der Waals surface area contributed by atoms with Gasteiger partial charge in [0.05, 0.1) is 19.2 Å². The number of aromatic amines is 1. The molecule has 0 saturated heterocycles. The van der Waals surface area contributed by atoms with Crippen LogP contribution in [0, 0.1) is 0 Å². The van der Waals surface area contributed by atoms with Crippen LogP contribution >= 0.6 is 0 Å². The Balaban J connectivity index is 1.83. The molecule has 2 N–H and O–H groups in total. The van der Waals surface area contributed by atoms with Crippen molar-refractivity contribution in [2.75, 3.05) is 13.7 Å². The van der Waals surface area contributed by atoms with E-state index in [4.69, 9.17) is 9.47 Å². The number of carbonyl (C=O) groups excluding carboxylic acids is 1. The summed E-state index contributed by atoms with van der Waals surface area (Å²) in [4.78, 5) is 32.2. The van der Waals surface area contributed by atoms with Crippen molar-refractivity contribution >= 4 is 16.9 Å². The highest BCUT2D eigenvalue weighted by atomic mass is 16.5. The van der Waals surface area contributed by atoms with Gasteiger partial charge in [-0.25, -0.2) is 4.98 Å². The second-order valence-corrected chi connectivity index (χ2v) is 5.54. The van der Waals surface area contributed by atoms with E-state index < -0.39 is 11.3 Å². The van der Waals surface area contributed by atoms with Crippen molar-refractivity contribution in [3.05, 3.63) is 63.9 Å². The van der Waals surface area contributed by atoms with Crippen LogP contribution in [0.4, 0.5) is 0 Å². The lowest BCUT2D eigenvalue weighted by molar-refractivity contribution is 0.0949. The molecule has 2 aromatic heterocycles. The Kier molecular flexibility index (Phi) is 5.17. The average Bonchev–Trinajstić information content (AvgIpc) is 2.67. The van der Waals surface area contributed by atoms with Gasteiger partial charge in [-0.05, 0) is 30.7 Å². The van der Waals surface area contributed by atoms with Crippen molar-refractivity contribution in [1.29, 1.82) is 0 Å². The van der Waals surface area contributed by atoms with Crippen molar-refractivity contribution in [2.45, 2.75) is 13.5 Å². The van der Waals surface area contributed by atoms with Crippen LogP contribution in [0.25, 0.3) is 11.0 Å². The number of carbonyl (C=O) groups is 1. The smallest absolute Gasteiger partial charge is 0.257 e.